The molecule has 2 fully saturated rings. The van der Waals surface area contributed by atoms with E-state index in [2.05, 4.69) is 5.32 Å². The van der Waals surface area contributed by atoms with Crippen molar-refractivity contribution in [1.82, 2.24) is 15.1 Å². The summed E-state index contributed by atoms with van der Waals surface area (Å²) in [6.45, 7) is 0.920. The largest absolute Gasteiger partial charge is 0.496 e. The molecular formula is C36H39N3O7. The Morgan fingerprint density at radius 2 is 1.57 bits per heavy atom. The lowest BCUT2D eigenvalue weighted by Crippen LogP contribution is -2.54. The topological polar surface area (TPSA) is 136 Å². The third-order valence-electron chi connectivity index (χ3n) is 9.85. The van der Waals surface area contributed by atoms with E-state index in [0.717, 1.165) is 11.1 Å². The Labute approximate surface area is 268 Å². The number of β-amino-alcohol motifs (C(OH)–C–C–N with tert-alkyl or cyclic N) is 1. The highest BCUT2D eigenvalue weighted by atomic mass is 16.5. The molecule has 2 heterocycles. The van der Waals surface area contributed by atoms with Gasteiger partial charge >= 0.3 is 5.97 Å². The van der Waals surface area contributed by atoms with Crippen molar-refractivity contribution in [3.8, 4) is 5.75 Å². The number of fused-ring (bicyclic) bond motifs is 1. The number of benzene rings is 3. The van der Waals surface area contributed by atoms with Crippen LogP contribution in [0.25, 0.3) is 0 Å². The van der Waals surface area contributed by atoms with Gasteiger partial charge in [0.25, 0.3) is 5.91 Å². The van der Waals surface area contributed by atoms with Crippen molar-refractivity contribution in [1.29, 1.82) is 0 Å². The van der Waals surface area contributed by atoms with E-state index in [4.69, 9.17) is 4.74 Å². The average molecular weight is 626 g/mol. The number of nitrogens with zero attached hydrogens (tertiary/aromatic N) is 2. The second-order valence-electron chi connectivity index (χ2n) is 12.4. The second kappa shape index (κ2) is 13.0. The molecule has 0 bridgehead atoms. The van der Waals surface area contributed by atoms with E-state index in [1.165, 1.54) is 12.0 Å². The lowest BCUT2D eigenvalue weighted by Gasteiger charge is -2.44. The van der Waals surface area contributed by atoms with E-state index in [9.17, 15) is 29.4 Å². The van der Waals surface area contributed by atoms with Crippen LogP contribution in [-0.4, -0.2) is 88.6 Å². The van der Waals surface area contributed by atoms with Gasteiger partial charge in [-0.1, -0.05) is 66.7 Å². The maximum absolute atomic E-state index is 14.6. The summed E-state index contributed by atoms with van der Waals surface area (Å²) in [5.74, 6) is -1.70. The van der Waals surface area contributed by atoms with Crippen LogP contribution in [-0.2, 0) is 19.8 Å². The van der Waals surface area contributed by atoms with Crippen LogP contribution in [0.5, 0.6) is 5.75 Å². The fourth-order valence-corrected chi connectivity index (χ4v) is 7.54. The van der Waals surface area contributed by atoms with Crippen LogP contribution >= 0.6 is 0 Å². The Hall–Kier alpha value is -4.70. The van der Waals surface area contributed by atoms with Crippen molar-refractivity contribution in [2.75, 3.05) is 26.7 Å². The maximum Gasteiger partial charge on any atom is 0.326 e. The molecule has 0 aromatic heterocycles. The number of amides is 3. The van der Waals surface area contributed by atoms with Gasteiger partial charge in [-0.2, -0.15) is 0 Å². The smallest absolute Gasteiger partial charge is 0.326 e. The summed E-state index contributed by atoms with van der Waals surface area (Å²) in [7, 11) is 1.53. The highest BCUT2D eigenvalue weighted by Gasteiger charge is 2.53. The van der Waals surface area contributed by atoms with Crippen molar-refractivity contribution in [3.05, 3.63) is 101 Å². The number of methoxy groups -OCH3 is 1. The Morgan fingerprint density at radius 1 is 0.891 bits per heavy atom. The fraction of sp³-hybridized carbons (Fsp3) is 0.389. The van der Waals surface area contributed by atoms with Crippen molar-refractivity contribution >= 4 is 23.7 Å². The number of carbonyl (C=O) groups excluding carboxylic acids is 3. The molecule has 0 radical (unpaired) electrons. The lowest BCUT2D eigenvalue weighted by atomic mass is 9.62. The van der Waals surface area contributed by atoms with Crippen molar-refractivity contribution < 1.29 is 34.1 Å². The van der Waals surface area contributed by atoms with Crippen LogP contribution in [0.15, 0.2) is 78.9 Å². The zero-order chi connectivity index (χ0) is 32.4. The number of hydrogen-bond acceptors (Lipinski definition) is 6. The Bertz CT molecular complexity index is 1620. The summed E-state index contributed by atoms with van der Waals surface area (Å²) < 4.78 is 5.33. The monoisotopic (exact) mass is 625 g/mol. The van der Waals surface area contributed by atoms with Gasteiger partial charge < -0.3 is 30.1 Å². The van der Waals surface area contributed by atoms with Crippen molar-refractivity contribution in [2.45, 2.75) is 61.6 Å². The summed E-state index contributed by atoms with van der Waals surface area (Å²) in [5, 5.41) is 23.4. The van der Waals surface area contributed by atoms with Crippen LogP contribution in [0.1, 0.15) is 65.1 Å². The van der Waals surface area contributed by atoms with Crippen molar-refractivity contribution in [3.63, 3.8) is 0 Å². The van der Waals surface area contributed by atoms with Gasteiger partial charge in [0.05, 0.1) is 30.1 Å². The molecule has 6 rings (SSSR count). The van der Waals surface area contributed by atoms with Gasteiger partial charge in [-0.15, -0.1) is 0 Å². The molecule has 10 heteroatoms. The van der Waals surface area contributed by atoms with Gasteiger partial charge in [0.15, 0.2) is 0 Å². The first kappa shape index (κ1) is 31.3. The van der Waals surface area contributed by atoms with Crippen LogP contribution in [0.2, 0.25) is 0 Å². The number of aliphatic hydroxyl groups is 1. The molecule has 3 aliphatic rings. The minimum Gasteiger partial charge on any atom is -0.496 e. The number of carboxylic acids is 1. The van der Waals surface area contributed by atoms with Gasteiger partial charge in [-0.05, 0) is 54.5 Å². The van der Waals surface area contributed by atoms with Crippen LogP contribution in [0.3, 0.4) is 0 Å². The number of aliphatic carboxylic acids is 1. The third kappa shape index (κ3) is 5.62. The number of aliphatic hydroxyl groups excluding tert-OH is 1. The zero-order valence-corrected chi connectivity index (χ0v) is 25.8. The normalized spacial score (nSPS) is 24.6. The number of nitrogens with one attached hydrogen (secondary N) is 1. The number of carbonyl (C=O) groups is 4. The highest BCUT2D eigenvalue weighted by Crippen LogP contribution is 2.49. The average Bonchev–Trinajstić information content (AvgIpc) is 3.49. The number of rotatable bonds is 7. The quantitative estimate of drug-likeness (QED) is 0.367. The number of ether oxygens (including phenoxy) is 1. The predicted molar refractivity (Wildman–Crippen MR) is 169 cm³/mol. The summed E-state index contributed by atoms with van der Waals surface area (Å²) in [4.78, 5) is 57.0. The van der Waals surface area contributed by atoms with Gasteiger partial charge in [-0.25, -0.2) is 4.79 Å². The first-order valence-corrected chi connectivity index (χ1v) is 15.8. The third-order valence-corrected chi connectivity index (χ3v) is 9.85. The van der Waals surface area contributed by atoms with Crippen LogP contribution in [0, 0.1) is 0 Å². The van der Waals surface area contributed by atoms with Crippen molar-refractivity contribution in [2.24, 2.45) is 0 Å². The van der Waals surface area contributed by atoms with Gasteiger partial charge in [-0.3, -0.25) is 14.4 Å². The SMILES string of the molecule is COc1ccccc1C(=O)NC1CCN(C(=O)[C@H]2CC[C@@](C(=O)N3C[C@H](O)C[C@H]3C(=O)O)(c3ccccc3)c3ccccc32)CC1. The molecule has 0 spiro atoms. The predicted octanol–water partition coefficient (Wildman–Crippen LogP) is 3.33. The molecule has 46 heavy (non-hydrogen) atoms. The zero-order valence-electron chi connectivity index (χ0n) is 25.8. The molecule has 2 aliphatic heterocycles. The molecule has 240 valence electrons. The van der Waals surface area contributed by atoms with E-state index in [1.54, 1.807) is 18.2 Å². The van der Waals surface area contributed by atoms with Gasteiger partial charge in [0.1, 0.15) is 11.8 Å². The Morgan fingerprint density at radius 3 is 2.28 bits per heavy atom. The van der Waals surface area contributed by atoms with E-state index in [1.807, 2.05) is 65.6 Å². The standard InChI is InChI=1S/C36H39N3O7/c1-46-31-14-8-6-12-28(31)32(41)37-24-16-19-38(20-17-24)33(42)27-15-18-36(23-9-3-2-4-10-23,29-13-7-5-11-26(27)29)35(45)39-22-25(40)21-30(39)34(43)44/h2-14,24-25,27,30,40H,15-22H2,1H3,(H,37,41)(H,43,44)/t25-,27+,30+,36-/m1/s1. The first-order valence-electron chi connectivity index (χ1n) is 15.8. The van der Waals surface area contributed by atoms with E-state index >= 15 is 0 Å². The molecular weight excluding hydrogens is 586 g/mol. The minimum absolute atomic E-state index is 0.0175. The van der Waals surface area contributed by atoms with Crippen LogP contribution in [0.4, 0.5) is 0 Å². The van der Waals surface area contributed by atoms with E-state index < -0.39 is 29.4 Å². The number of piperidine rings is 1. The molecule has 0 saturated carbocycles. The molecule has 0 unspecified atom stereocenters. The molecule has 10 nitrogen and oxygen atoms in total. The first-order chi connectivity index (χ1) is 22.2. The van der Waals surface area contributed by atoms with Gasteiger partial charge in [0.2, 0.25) is 11.8 Å². The number of para-hydroxylation sites is 1. The molecule has 2 saturated heterocycles. The molecule has 3 N–H and O–H groups in total. The number of hydrogen-bond donors (Lipinski definition) is 3. The summed E-state index contributed by atoms with van der Waals surface area (Å²) in [6.07, 6.45) is 0.989. The van der Waals surface area contributed by atoms with Crippen LogP contribution < -0.4 is 10.1 Å². The number of carboxylic acid groups (broad SMARTS) is 1. The Kier molecular flexibility index (Phi) is 8.82. The van der Waals surface area contributed by atoms with E-state index in [0.29, 0.717) is 55.6 Å². The summed E-state index contributed by atoms with van der Waals surface area (Å²) in [6, 6.07) is 22.7. The molecule has 3 amide bonds. The minimum atomic E-state index is -1.21. The molecule has 4 atom stereocenters. The van der Waals surface area contributed by atoms with Gasteiger partial charge in [0, 0.05) is 32.1 Å². The maximum atomic E-state index is 14.6. The molecule has 3 aromatic rings. The molecule has 1 aliphatic carbocycles. The van der Waals surface area contributed by atoms with E-state index in [-0.39, 0.29) is 36.7 Å². The summed E-state index contributed by atoms with van der Waals surface area (Å²) in [5.41, 5.74) is 1.45. The summed E-state index contributed by atoms with van der Waals surface area (Å²) >= 11 is 0. The Balaban J connectivity index is 1.24. The lowest BCUT2D eigenvalue weighted by molar-refractivity contribution is -0.150. The molecule has 3 aromatic carbocycles. The fourth-order valence-electron chi connectivity index (χ4n) is 7.54. The highest BCUT2D eigenvalue weighted by molar-refractivity contribution is 5.98. The number of likely N-dealkylation sites (tertiary alicyclic amines) is 2. The second-order valence-corrected chi connectivity index (χ2v) is 12.4.